The minimum atomic E-state index is -1.06. The van der Waals surface area contributed by atoms with Crippen molar-refractivity contribution in [3.63, 3.8) is 0 Å². The van der Waals surface area contributed by atoms with Gasteiger partial charge >= 0.3 is 12.1 Å². The second-order valence-corrected chi connectivity index (χ2v) is 12.1. The molecule has 39 heavy (non-hydrogen) atoms. The van der Waals surface area contributed by atoms with Crippen LogP contribution in [0.3, 0.4) is 0 Å². The van der Waals surface area contributed by atoms with Gasteiger partial charge in [-0.2, -0.15) is 0 Å². The first-order valence-corrected chi connectivity index (χ1v) is 12.9. The van der Waals surface area contributed by atoms with Gasteiger partial charge in [-0.1, -0.05) is 32.4 Å². The number of hydroxylamine groups is 1. The van der Waals surface area contributed by atoms with Crippen LogP contribution in [0.1, 0.15) is 53.5 Å². The van der Waals surface area contributed by atoms with Gasteiger partial charge in [0.05, 0.1) is 38.6 Å². The van der Waals surface area contributed by atoms with E-state index in [0.717, 1.165) is 0 Å². The minimum Gasteiger partial charge on any atom is -0.496 e. The number of hydrogen-bond donors (Lipinski definition) is 2. The first-order valence-electron chi connectivity index (χ1n) is 12.5. The summed E-state index contributed by atoms with van der Waals surface area (Å²) in [7, 11) is 4.28. The Balaban J connectivity index is 1.96. The van der Waals surface area contributed by atoms with Gasteiger partial charge < -0.3 is 29.2 Å². The quantitative estimate of drug-likeness (QED) is 0.495. The lowest BCUT2D eigenvalue weighted by Gasteiger charge is -2.35. The van der Waals surface area contributed by atoms with Gasteiger partial charge in [0.25, 0.3) is 0 Å². The van der Waals surface area contributed by atoms with Gasteiger partial charge in [0.2, 0.25) is 5.91 Å². The van der Waals surface area contributed by atoms with Gasteiger partial charge in [0.1, 0.15) is 34.8 Å². The molecule has 0 bridgehead atoms. The molecule has 11 nitrogen and oxygen atoms in total. The van der Waals surface area contributed by atoms with Crippen LogP contribution in [-0.4, -0.2) is 74.0 Å². The molecule has 0 aromatic heterocycles. The topological polar surface area (TPSA) is 125 Å². The van der Waals surface area contributed by atoms with Crippen molar-refractivity contribution in [1.29, 1.82) is 0 Å². The molecule has 12 heteroatoms. The van der Waals surface area contributed by atoms with E-state index >= 15 is 0 Å². The standard InChI is InChI=1S/C27H38ClN3O8/c1-25(2,3)21(29-24(34)38-26(4,5)6)22(32)31-14-27(13-18(31)23(33)37-9)12-17(30-39-27)15-10-16(28)20(36-8)11-19(15)35-7/h10-12,18,21,30H,13-14H2,1-9H3,(H,29,34)/t18-,21+,27+/m0/s1. The van der Waals surface area contributed by atoms with Crippen molar-refractivity contribution >= 4 is 35.3 Å². The number of esters is 1. The highest BCUT2D eigenvalue weighted by Gasteiger charge is 2.54. The van der Waals surface area contributed by atoms with Gasteiger partial charge in [-0.05, 0) is 38.3 Å². The number of amides is 2. The molecule has 0 radical (unpaired) electrons. The van der Waals surface area contributed by atoms with Crippen LogP contribution in [-0.2, 0) is 23.9 Å². The average Bonchev–Trinajstić information content (AvgIpc) is 3.43. The Kier molecular flexibility index (Phi) is 8.66. The van der Waals surface area contributed by atoms with E-state index in [9.17, 15) is 14.4 Å². The molecule has 1 fully saturated rings. The maximum Gasteiger partial charge on any atom is 0.408 e. The van der Waals surface area contributed by atoms with E-state index in [1.54, 1.807) is 39.0 Å². The molecule has 2 aliphatic heterocycles. The minimum absolute atomic E-state index is 0.0247. The van der Waals surface area contributed by atoms with E-state index in [2.05, 4.69) is 10.8 Å². The molecule has 1 saturated heterocycles. The lowest BCUT2D eigenvalue weighted by atomic mass is 9.85. The van der Waals surface area contributed by atoms with E-state index < -0.39 is 46.7 Å². The third-order valence-electron chi connectivity index (χ3n) is 6.42. The van der Waals surface area contributed by atoms with E-state index in [-0.39, 0.29) is 13.0 Å². The molecule has 1 spiro atoms. The zero-order valence-corrected chi connectivity index (χ0v) is 24.6. The number of methoxy groups -OCH3 is 3. The van der Waals surface area contributed by atoms with E-state index in [1.807, 2.05) is 20.8 Å². The monoisotopic (exact) mass is 567 g/mol. The van der Waals surface area contributed by atoms with Crippen LogP contribution in [0.4, 0.5) is 4.79 Å². The molecule has 2 aliphatic rings. The number of likely N-dealkylation sites (tertiary alicyclic amines) is 1. The Bertz CT molecular complexity index is 1160. The van der Waals surface area contributed by atoms with Crippen LogP contribution in [0, 0.1) is 5.41 Å². The summed E-state index contributed by atoms with van der Waals surface area (Å²) in [4.78, 5) is 46.8. The largest absolute Gasteiger partial charge is 0.496 e. The number of carbonyl (C=O) groups excluding carboxylic acids is 3. The smallest absolute Gasteiger partial charge is 0.408 e. The fourth-order valence-corrected chi connectivity index (χ4v) is 4.82. The molecule has 0 saturated carbocycles. The maximum atomic E-state index is 13.9. The average molecular weight is 568 g/mol. The SMILES string of the molecule is COC(=O)[C@@H]1C[C@]2(C=C(c3cc(Cl)c(OC)cc3OC)NO2)CN1C(=O)[C@@H](NC(=O)OC(C)(C)C)C(C)(C)C. The molecule has 2 N–H and O–H groups in total. The molecule has 1 aromatic rings. The molecular formula is C27H38ClN3O8. The predicted molar refractivity (Wildman–Crippen MR) is 144 cm³/mol. The third-order valence-corrected chi connectivity index (χ3v) is 6.71. The molecule has 1 aromatic carbocycles. The Morgan fingerprint density at radius 2 is 1.74 bits per heavy atom. The summed E-state index contributed by atoms with van der Waals surface area (Å²) < 4.78 is 21.2. The Morgan fingerprint density at radius 3 is 2.28 bits per heavy atom. The van der Waals surface area contributed by atoms with Gasteiger partial charge in [0, 0.05) is 18.1 Å². The molecule has 216 valence electrons. The van der Waals surface area contributed by atoms with Gasteiger partial charge in [-0.25, -0.2) is 9.59 Å². The number of rotatable bonds is 6. The summed E-state index contributed by atoms with van der Waals surface area (Å²) in [6.45, 7) is 10.7. The van der Waals surface area contributed by atoms with Gasteiger partial charge in [-0.3, -0.25) is 15.1 Å². The van der Waals surface area contributed by atoms with Crippen molar-refractivity contribution in [2.45, 2.75) is 71.2 Å². The number of benzene rings is 1. The summed E-state index contributed by atoms with van der Waals surface area (Å²) in [5.74, 6) is -0.127. The fraction of sp³-hybridized carbons (Fsp3) is 0.593. The van der Waals surface area contributed by atoms with E-state index in [0.29, 0.717) is 27.8 Å². The molecule has 2 amide bonds. The van der Waals surface area contributed by atoms with Crippen LogP contribution >= 0.6 is 11.6 Å². The predicted octanol–water partition coefficient (Wildman–Crippen LogP) is 3.69. The Morgan fingerprint density at radius 1 is 1.10 bits per heavy atom. The van der Waals surface area contributed by atoms with Gasteiger partial charge in [-0.15, -0.1) is 0 Å². The number of ether oxygens (including phenoxy) is 4. The van der Waals surface area contributed by atoms with Crippen LogP contribution in [0.15, 0.2) is 18.2 Å². The second-order valence-electron chi connectivity index (χ2n) is 11.7. The van der Waals surface area contributed by atoms with Crippen molar-refractivity contribution < 1.29 is 38.2 Å². The zero-order chi connectivity index (χ0) is 29.3. The molecule has 3 rings (SSSR count). The highest BCUT2D eigenvalue weighted by molar-refractivity contribution is 6.32. The van der Waals surface area contributed by atoms with Crippen LogP contribution < -0.4 is 20.3 Å². The number of alkyl carbamates (subject to hydrolysis) is 1. The number of hydrogen-bond acceptors (Lipinski definition) is 9. The summed E-state index contributed by atoms with van der Waals surface area (Å²) in [6.07, 6.45) is 1.19. The summed E-state index contributed by atoms with van der Waals surface area (Å²) >= 11 is 6.36. The third kappa shape index (κ3) is 6.70. The molecule has 0 aliphatic carbocycles. The first-order chi connectivity index (χ1) is 18.0. The van der Waals surface area contributed by atoms with E-state index in [4.69, 9.17) is 35.4 Å². The summed E-state index contributed by atoms with van der Waals surface area (Å²) in [5, 5.41) is 3.06. The lowest BCUT2D eigenvalue weighted by molar-refractivity contribution is -0.152. The number of nitrogens with one attached hydrogen (secondary N) is 2. The highest BCUT2D eigenvalue weighted by Crippen LogP contribution is 2.42. The highest BCUT2D eigenvalue weighted by atomic mass is 35.5. The summed E-state index contributed by atoms with van der Waals surface area (Å²) in [6, 6.07) is 1.39. The van der Waals surface area contributed by atoms with Gasteiger partial charge in [0.15, 0.2) is 0 Å². The number of nitrogens with zero attached hydrogens (tertiary/aromatic N) is 1. The number of carbonyl (C=O) groups is 3. The number of halogens is 1. The molecular weight excluding hydrogens is 530 g/mol. The second kappa shape index (κ2) is 11.1. The summed E-state index contributed by atoms with van der Waals surface area (Å²) in [5.41, 5.74) is 1.55. The van der Waals surface area contributed by atoms with Crippen LogP contribution in [0.25, 0.3) is 5.70 Å². The van der Waals surface area contributed by atoms with E-state index in [1.165, 1.54) is 26.2 Å². The molecule has 0 unspecified atom stereocenters. The Labute approximate surface area is 234 Å². The van der Waals surface area contributed by atoms with Crippen molar-refractivity contribution in [3.8, 4) is 11.5 Å². The van der Waals surface area contributed by atoms with Crippen LogP contribution in [0.2, 0.25) is 5.02 Å². The molecule has 2 heterocycles. The maximum absolute atomic E-state index is 13.9. The van der Waals surface area contributed by atoms with Crippen molar-refractivity contribution in [1.82, 2.24) is 15.7 Å². The van der Waals surface area contributed by atoms with Crippen molar-refractivity contribution in [2.24, 2.45) is 5.41 Å². The zero-order valence-electron chi connectivity index (χ0n) is 23.9. The normalized spacial score (nSPS) is 21.6. The lowest BCUT2D eigenvalue weighted by Crippen LogP contribution is -2.57. The van der Waals surface area contributed by atoms with Crippen molar-refractivity contribution in [3.05, 3.63) is 28.8 Å². The fourth-order valence-electron chi connectivity index (χ4n) is 4.58. The first kappa shape index (κ1) is 30.4. The van der Waals surface area contributed by atoms with Crippen LogP contribution in [0.5, 0.6) is 11.5 Å². The Hall–Kier alpha value is -3.18. The van der Waals surface area contributed by atoms with Crippen molar-refractivity contribution in [2.75, 3.05) is 27.9 Å². The molecule has 3 atom stereocenters.